The molecular formula is C11H12F2N2S2. The topological polar surface area (TPSA) is 24.4 Å². The van der Waals surface area contributed by atoms with Crippen LogP contribution in [0.3, 0.4) is 0 Å². The van der Waals surface area contributed by atoms with Crippen molar-refractivity contribution in [1.82, 2.24) is 0 Å². The standard InChI is InChI=1S/C11H12F2N2S2/c1-5-14-9-8(10(15-5)17-11(12)13)6-3-2-4-7(6)16-9/h10-11H,2-4H2,1H3,(H,14,15)/t10-/m0/s1. The van der Waals surface area contributed by atoms with E-state index in [4.69, 9.17) is 0 Å². The number of rotatable bonds is 2. The summed E-state index contributed by atoms with van der Waals surface area (Å²) in [6.07, 6.45) is 3.24. The monoisotopic (exact) mass is 274 g/mol. The molecule has 0 amide bonds. The van der Waals surface area contributed by atoms with Gasteiger partial charge in [0, 0.05) is 10.4 Å². The Morgan fingerprint density at radius 3 is 3.06 bits per heavy atom. The van der Waals surface area contributed by atoms with Crippen molar-refractivity contribution in [1.29, 1.82) is 0 Å². The van der Waals surface area contributed by atoms with Crippen molar-refractivity contribution in [2.45, 2.75) is 37.3 Å². The summed E-state index contributed by atoms with van der Waals surface area (Å²) in [6.45, 7) is 1.83. The number of thiophene rings is 1. The van der Waals surface area contributed by atoms with Crippen molar-refractivity contribution in [2.75, 3.05) is 5.32 Å². The van der Waals surface area contributed by atoms with E-state index >= 15 is 0 Å². The molecule has 0 fully saturated rings. The molecule has 2 nitrogen and oxygen atoms in total. The number of anilines is 1. The summed E-state index contributed by atoms with van der Waals surface area (Å²) in [7, 11) is 0. The maximum Gasteiger partial charge on any atom is 0.286 e. The first-order valence-corrected chi connectivity index (χ1v) is 7.30. The summed E-state index contributed by atoms with van der Waals surface area (Å²) in [6, 6.07) is 0. The van der Waals surface area contributed by atoms with Gasteiger partial charge in [-0.1, -0.05) is 11.8 Å². The number of fused-ring (bicyclic) bond motifs is 3. The van der Waals surface area contributed by atoms with E-state index in [1.165, 1.54) is 10.4 Å². The molecule has 0 saturated heterocycles. The second kappa shape index (κ2) is 4.24. The summed E-state index contributed by atoms with van der Waals surface area (Å²) in [5.74, 6) is -1.64. The van der Waals surface area contributed by atoms with Gasteiger partial charge < -0.3 is 5.32 Å². The van der Waals surface area contributed by atoms with Crippen LogP contribution in [0, 0.1) is 0 Å². The third kappa shape index (κ3) is 1.97. The normalized spacial score (nSPS) is 22.1. The number of hydrogen-bond acceptors (Lipinski definition) is 4. The van der Waals surface area contributed by atoms with Crippen LogP contribution in [0.15, 0.2) is 4.99 Å². The minimum absolute atomic E-state index is 0.427. The van der Waals surface area contributed by atoms with Crippen molar-refractivity contribution in [3.63, 3.8) is 0 Å². The first kappa shape index (κ1) is 11.5. The highest BCUT2D eigenvalue weighted by Gasteiger charge is 2.31. The lowest BCUT2D eigenvalue weighted by Crippen LogP contribution is -2.16. The molecule has 6 heteroatoms. The molecule has 0 bridgehead atoms. The Kier molecular flexibility index (Phi) is 2.86. The van der Waals surface area contributed by atoms with Crippen molar-refractivity contribution in [3.8, 4) is 0 Å². The van der Waals surface area contributed by atoms with Gasteiger partial charge in [-0.05, 0) is 31.7 Å². The first-order chi connectivity index (χ1) is 8.15. The van der Waals surface area contributed by atoms with Gasteiger partial charge in [-0.15, -0.1) is 11.3 Å². The van der Waals surface area contributed by atoms with Crippen LogP contribution in [0.4, 0.5) is 13.8 Å². The van der Waals surface area contributed by atoms with Gasteiger partial charge in [0.15, 0.2) is 0 Å². The second-order valence-electron chi connectivity index (χ2n) is 4.19. The van der Waals surface area contributed by atoms with Gasteiger partial charge in [-0.25, -0.2) is 0 Å². The highest BCUT2D eigenvalue weighted by Crippen LogP contribution is 2.49. The molecule has 0 spiro atoms. The number of amidine groups is 1. The van der Waals surface area contributed by atoms with E-state index in [-0.39, 0.29) is 0 Å². The molecule has 0 aromatic carbocycles. The molecular weight excluding hydrogens is 262 g/mol. The smallest absolute Gasteiger partial charge is 0.286 e. The largest absolute Gasteiger partial charge is 0.336 e. The van der Waals surface area contributed by atoms with Gasteiger partial charge in [0.1, 0.15) is 10.4 Å². The number of hydrogen-bond donors (Lipinski definition) is 1. The number of halogens is 2. The van der Waals surface area contributed by atoms with Crippen molar-refractivity contribution in [3.05, 3.63) is 16.0 Å². The van der Waals surface area contributed by atoms with Crippen LogP contribution in [-0.2, 0) is 12.8 Å². The molecule has 2 aliphatic rings. The molecule has 1 aromatic rings. The van der Waals surface area contributed by atoms with Crippen LogP contribution in [0.2, 0.25) is 0 Å². The molecule has 1 atom stereocenters. The van der Waals surface area contributed by atoms with Gasteiger partial charge >= 0.3 is 0 Å². The number of nitrogens with one attached hydrogen (secondary N) is 1. The summed E-state index contributed by atoms with van der Waals surface area (Å²) in [5.41, 5.74) is 2.28. The summed E-state index contributed by atoms with van der Waals surface area (Å²) >= 11 is 2.35. The zero-order valence-corrected chi connectivity index (χ0v) is 10.9. The van der Waals surface area contributed by atoms with E-state index in [9.17, 15) is 8.78 Å². The minimum Gasteiger partial charge on any atom is -0.336 e. The average Bonchev–Trinajstić information content (AvgIpc) is 2.74. The highest BCUT2D eigenvalue weighted by molar-refractivity contribution is 7.99. The van der Waals surface area contributed by atoms with E-state index in [0.717, 1.165) is 35.7 Å². The molecule has 1 aromatic heterocycles. The third-order valence-corrected chi connectivity index (χ3v) is 5.07. The van der Waals surface area contributed by atoms with E-state index in [0.29, 0.717) is 11.8 Å². The number of alkyl halides is 2. The van der Waals surface area contributed by atoms with Crippen LogP contribution in [0.5, 0.6) is 0 Å². The molecule has 1 aliphatic carbocycles. The van der Waals surface area contributed by atoms with Crippen molar-refractivity contribution < 1.29 is 8.78 Å². The SMILES string of the molecule is CC1=N[C@@H](SC(F)F)c2c(sc3c2CCC3)N1. The van der Waals surface area contributed by atoms with Crippen LogP contribution in [-0.4, -0.2) is 11.6 Å². The Hall–Kier alpha value is -0.620. The van der Waals surface area contributed by atoms with Crippen LogP contribution in [0.1, 0.15) is 34.7 Å². The fraction of sp³-hybridized carbons (Fsp3) is 0.545. The van der Waals surface area contributed by atoms with E-state index in [2.05, 4.69) is 10.3 Å². The molecule has 2 heterocycles. The summed E-state index contributed by atoms with van der Waals surface area (Å²) in [5, 5.41) is 3.80. The van der Waals surface area contributed by atoms with E-state index in [1.807, 2.05) is 6.92 Å². The molecule has 17 heavy (non-hydrogen) atoms. The molecule has 0 radical (unpaired) electrons. The molecule has 0 unspecified atom stereocenters. The maximum absolute atomic E-state index is 12.6. The van der Waals surface area contributed by atoms with Gasteiger partial charge in [0.25, 0.3) is 5.76 Å². The average molecular weight is 274 g/mol. The van der Waals surface area contributed by atoms with E-state index < -0.39 is 11.1 Å². The van der Waals surface area contributed by atoms with Crippen LogP contribution in [0.25, 0.3) is 0 Å². The van der Waals surface area contributed by atoms with Gasteiger partial charge in [0.2, 0.25) is 0 Å². The Labute approximate surface area is 107 Å². The molecule has 3 rings (SSSR count). The van der Waals surface area contributed by atoms with E-state index in [1.54, 1.807) is 11.3 Å². The number of nitrogens with zero attached hydrogens (tertiary/aromatic N) is 1. The molecule has 0 saturated carbocycles. The van der Waals surface area contributed by atoms with Crippen LogP contribution < -0.4 is 5.32 Å². The zero-order valence-electron chi connectivity index (χ0n) is 9.30. The lowest BCUT2D eigenvalue weighted by molar-refractivity contribution is 0.251. The third-order valence-electron chi connectivity index (χ3n) is 3.05. The van der Waals surface area contributed by atoms with Crippen LogP contribution >= 0.6 is 23.1 Å². The quantitative estimate of drug-likeness (QED) is 0.880. The second-order valence-corrected chi connectivity index (χ2v) is 6.37. The van der Waals surface area contributed by atoms with Gasteiger partial charge in [-0.3, -0.25) is 4.99 Å². The Bertz CT molecular complexity index is 482. The number of aliphatic imine (C=N–C) groups is 1. The zero-order chi connectivity index (χ0) is 12.0. The molecule has 92 valence electrons. The Balaban J connectivity index is 2.02. The maximum atomic E-state index is 12.6. The fourth-order valence-corrected chi connectivity index (χ4v) is 4.67. The predicted octanol–water partition coefficient (Wildman–Crippen LogP) is 4.04. The van der Waals surface area contributed by atoms with Gasteiger partial charge in [-0.2, -0.15) is 8.78 Å². The number of thioether (sulfide) groups is 1. The molecule has 1 aliphatic heterocycles. The summed E-state index contributed by atoms with van der Waals surface area (Å²) < 4.78 is 25.2. The lowest BCUT2D eigenvalue weighted by Gasteiger charge is -2.21. The molecule has 1 N–H and O–H groups in total. The lowest BCUT2D eigenvalue weighted by atomic mass is 10.1. The summed E-state index contributed by atoms with van der Waals surface area (Å²) in [4.78, 5) is 5.66. The van der Waals surface area contributed by atoms with Crippen molar-refractivity contribution in [2.24, 2.45) is 4.99 Å². The fourth-order valence-electron chi connectivity index (χ4n) is 2.42. The minimum atomic E-state index is -2.38. The Morgan fingerprint density at radius 1 is 1.47 bits per heavy atom. The Morgan fingerprint density at radius 2 is 2.29 bits per heavy atom. The highest BCUT2D eigenvalue weighted by atomic mass is 32.2. The predicted molar refractivity (Wildman–Crippen MR) is 69.4 cm³/mol. The number of aryl methyl sites for hydroxylation is 1. The first-order valence-electron chi connectivity index (χ1n) is 5.54. The van der Waals surface area contributed by atoms with Crippen molar-refractivity contribution >= 4 is 33.9 Å². The van der Waals surface area contributed by atoms with Gasteiger partial charge in [0.05, 0.1) is 5.84 Å².